The quantitative estimate of drug-likeness (QED) is 0.638. The minimum atomic E-state index is -4.01. The summed E-state index contributed by atoms with van der Waals surface area (Å²) >= 11 is 0. The molecule has 1 aromatic heterocycles. The van der Waals surface area contributed by atoms with Gasteiger partial charge in [-0.3, -0.25) is 4.72 Å². The third-order valence-corrected chi connectivity index (χ3v) is 5.20. The average Bonchev–Trinajstić information content (AvgIpc) is 3.05. The summed E-state index contributed by atoms with van der Waals surface area (Å²) < 4.78 is 47.6. The molecule has 1 N–H and O–H groups in total. The molecule has 0 fully saturated rings. The van der Waals surface area contributed by atoms with Gasteiger partial charge >= 0.3 is 5.97 Å². The first-order valence-electron chi connectivity index (χ1n) is 8.42. The largest absolute Gasteiger partial charge is 0.462 e. The Morgan fingerprint density at radius 2 is 1.93 bits per heavy atom. The fraction of sp³-hybridized carbons (Fsp3) is 0.158. The number of ether oxygens (including phenoxy) is 1. The van der Waals surface area contributed by atoms with E-state index in [-0.39, 0.29) is 22.9 Å². The van der Waals surface area contributed by atoms with Gasteiger partial charge in [0.1, 0.15) is 11.4 Å². The van der Waals surface area contributed by atoms with Crippen LogP contribution in [0.4, 0.5) is 10.2 Å². The van der Waals surface area contributed by atoms with Crippen LogP contribution in [0.5, 0.6) is 0 Å². The van der Waals surface area contributed by atoms with Crippen LogP contribution in [-0.2, 0) is 14.8 Å². The third kappa shape index (κ3) is 4.04. The first kappa shape index (κ1) is 19.6. The molecule has 7 nitrogen and oxygen atoms in total. The lowest BCUT2D eigenvalue weighted by Crippen LogP contribution is -2.18. The maximum atomic E-state index is 13.3. The van der Waals surface area contributed by atoms with E-state index in [9.17, 15) is 17.6 Å². The van der Waals surface area contributed by atoms with Crippen molar-refractivity contribution in [3.8, 4) is 5.69 Å². The fourth-order valence-corrected chi connectivity index (χ4v) is 3.72. The van der Waals surface area contributed by atoms with Crippen molar-refractivity contribution in [1.82, 2.24) is 9.78 Å². The maximum absolute atomic E-state index is 13.3. The highest BCUT2D eigenvalue weighted by atomic mass is 32.2. The number of rotatable bonds is 6. The third-order valence-electron chi connectivity index (χ3n) is 3.87. The monoisotopic (exact) mass is 403 g/mol. The predicted octanol–water partition coefficient (Wildman–Crippen LogP) is 3.30. The van der Waals surface area contributed by atoms with Crippen molar-refractivity contribution < 1.29 is 22.3 Å². The van der Waals surface area contributed by atoms with Gasteiger partial charge in [-0.05, 0) is 55.8 Å². The number of nitrogens with one attached hydrogen (secondary N) is 1. The molecule has 0 saturated carbocycles. The lowest BCUT2D eigenvalue weighted by Gasteiger charge is -2.13. The van der Waals surface area contributed by atoms with Gasteiger partial charge in [-0.2, -0.15) is 5.10 Å². The summed E-state index contributed by atoms with van der Waals surface area (Å²) in [4.78, 5) is 12.3. The number of anilines is 1. The molecule has 9 heteroatoms. The van der Waals surface area contributed by atoms with Crippen LogP contribution >= 0.6 is 0 Å². The van der Waals surface area contributed by atoms with Gasteiger partial charge in [0.25, 0.3) is 10.0 Å². The molecule has 0 bridgehead atoms. The van der Waals surface area contributed by atoms with Gasteiger partial charge in [-0.25, -0.2) is 22.3 Å². The van der Waals surface area contributed by atoms with E-state index in [1.807, 2.05) is 0 Å². The highest BCUT2D eigenvalue weighted by Crippen LogP contribution is 2.25. The molecule has 3 aromatic rings. The second-order valence-corrected chi connectivity index (χ2v) is 7.62. The first-order valence-corrected chi connectivity index (χ1v) is 9.90. The molecule has 0 unspecified atom stereocenters. The van der Waals surface area contributed by atoms with Gasteiger partial charge in [0, 0.05) is 0 Å². The minimum Gasteiger partial charge on any atom is -0.462 e. The van der Waals surface area contributed by atoms with E-state index in [1.165, 1.54) is 47.3 Å². The van der Waals surface area contributed by atoms with Crippen molar-refractivity contribution in [1.29, 1.82) is 0 Å². The molecule has 0 aliphatic carbocycles. The molecule has 0 aliphatic rings. The van der Waals surface area contributed by atoms with Gasteiger partial charge in [0.15, 0.2) is 5.82 Å². The SMILES string of the molecule is CCOC(=O)c1cnn(-c2ccc(F)cc2)c1NS(=O)(=O)c1cccc(C)c1. The van der Waals surface area contributed by atoms with Crippen molar-refractivity contribution in [2.24, 2.45) is 0 Å². The summed E-state index contributed by atoms with van der Waals surface area (Å²) in [6.45, 7) is 3.52. The van der Waals surface area contributed by atoms with E-state index in [1.54, 1.807) is 26.0 Å². The predicted molar refractivity (Wildman–Crippen MR) is 101 cm³/mol. The molecule has 146 valence electrons. The number of aromatic nitrogens is 2. The number of hydrogen-bond acceptors (Lipinski definition) is 5. The summed E-state index contributed by atoms with van der Waals surface area (Å²) in [5.41, 5.74) is 1.09. The fourth-order valence-electron chi connectivity index (χ4n) is 2.55. The number of esters is 1. The number of nitrogens with zero attached hydrogens (tertiary/aromatic N) is 2. The van der Waals surface area contributed by atoms with E-state index >= 15 is 0 Å². The number of carbonyl (C=O) groups excluding carboxylic acids is 1. The summed E-state index contributed by atoms with van der Waals surface area (Å²) in [5.74, 6) is -1.27. The Balaban J connectivity index is 2.10. The van der Waals surface area contributed by atoms with E-state index in [4.69, 9.17) is 4.74 Å². The second-order valence-electron chi connectivity index (χ2n) is 5.94. The van der Waals surface area contributed by atoms with Gasteiger partial charge in [-0.15, -0.1) is 0 Å². The van der Waals surface area contributed by atoms with Crippen molar-refractivity contribution >= 4 is 21.8 Å². The first-order chi connectivity index (χ1) is 13.3. The van der Waals surface area contributed by atoms with Crippen molar-refractivity contribution in [2.45, 2.75) is 18.7 Å². The molecule has 0 spiro atoms. The minimum absolute atomic E-state index is 0.0363. The van der Waals surface area contributed by atoms with Crippen molar-refractivity contribution in [2.75, 3.05) is 11.3 Å². The number of aryl methyl sites for hydroxylation is 1. The molecule has 0 atom stereocenters. The molecule has 2 aromatic carbocycles. The summed E-state index contributed by atoms with van der Waals surface area (Å²) in [7, 11) is -4.01. The summed E-state index contributed by atoms with van der Waals surface area (Å²) in [5, 5.41) is 4.08. The molecule has 0 radical (unpaired) electrons. The number of halogens is 1. The molecular formula is C19H18FN3O4S. The van der Waals surface area contributed by atoms with E-state index in [0.29, 0.717) is 5.69 Å². The molecule has 1 heterocycles. The lowest BCUT2D eigenvalue weighted by molar-refractivity contribution is 0.0527. The average molecular weight is 403 g/mol. The Labute approximate surface area is 161 Å². The second kappa shape index (κ2) is 7.81. The van der Waals surface area contributed by atoms with Crippen LogP contribution in [-0.4, -0.2) is 30.8 Å². The van der Waals surface area contributed by atoms with Gasteiger partial charge in [-0.1, -0.05) is 12.1 Å². The molecule has 3 rings (SSSR count). The molecule has 28 heavy (non-hydrogen) atoms. The zero-order valence-corrected chi connectivity index (χ0v) is 16.0. The molecular weight excluding hydrogens is 385 g/mol. The Kier molecular flexibility index (Phi) is 5.46. The van der Waals surface area contributed by atoms with Crippen LogP contribution in [0.25, 0.3) is 5.69 Å². The molecule has 0 saturated heterocycles. The standard InChI is InChI=1S/C19H18FN3O4S/c1-3-27-19(24)17-12-21-23(15-9-7-14(20)8-10-15)18(17)22-28(25,26)16-6-4-5-13(2)11-16/h4-12,22H,3H2,1-2H3. The van der Waals surface area contributed by atoms with E-state index < -0.39 is 21.8 Å². The normalized spacial score (nSPS) is 11.2. The number of carbonyl (C=O) groups is 1. The highest BCUT2D eigenvalue weighted by molar-refractivity contribution is 7.92. The smallest absolute Gasteiger partial charge is 0.343 e. The van der Waals surface area contributed by atoms with Gasteiger partial charge < -0.3 is 4.74 Å². The molecule has 0 aliphatic heterocycles. The van der Waals surface area contributed by atoms with Crippen LogP contribution in [0, 0.1) is 12.7 Å². The van der Waals surface area contributed by atoms with Crippen molar-refractivity contribution in [3.05, 3.63) is 71.7 Å². The lowest BCUT2D eigenvalue weighted by atomic mass is 10.2. The number of hydrogen-bond donors (Lipinski definition) is 1. The Hall–Kier alpha value is -3.20. The Bertz CT molecular complexity index is 1110. The number of benzene rings is 2. The summed E-state index contributed by atoms with van der Waals surface area (Å²) in [6, 6.07) is 11.6. The van der Waals surface area contributed by atoms with E-state index in [2.05, 4.69) is 9.82 Å². The van der Waals surface area contributed by atoms with Crippen LogP contribution in [0.1, 0.15) is 22.8 Å². The highest BCUT2D eigenvalue weighted by Gasteiger charge is 2.25. The van der Waals surface area contributed by atoms with Gasteiger partial charge in [0.05, 0.1) is 23.4 Å². The van der Waals surface area contributed by atoms with Crippen LogP contribution in [0.3, 0.4) is 0 Å². The number of sulfonamides is 1. The Morgan fingerprint density at radius 1 is 1.21 bits per heavy atom. The van der Waals surface area contributed by atoms with Crippen molar-refractivity contribution in [3.63, 3.8) is 0 Å². The van der Waals surface area contributed by atoms with Crippen LogP contribution in [0.15, 0.2) is 59.6 Å². The zero-order valence-electron chi connectivity index (χ0n) is 15.2. The van der Waals surface area contributed by atoms with Crippen LogP contribution in [0.2, 0.25) is 0 Å². The van der Waals surface area contributed by atoms with Crippen LogP contribution < -0.4 is 4.72 Å². The van der Waals surface area contributed by atoms with Gasteiger partial charge in [0.2, 0.25) is 0 Å². The molecule has 0 amide bonds. The summed E-state index contributed by atoms with van der Waals surface area (Å²) in [6.07, 6.45) is 1.20. The Morgan fingerprint density at radius 3 is 2.57 bits per heavy atom. The topological polar surface area (TPSA) is 90.3 Å². The maximum Gasteiger partial charge on any atom is 0.343 e. The zero-order chi connectivity index (χ0) is 20.3. The van der Waals surface area contributed by atoms with E-state index in [0.717, 1.165) is 5.56 Å².